The second kappa shape index (κ2) is 10.9. The number of piperidine rings is 1. The first-order valence-corrected chi connectivity index (χ1v) is 12.9. The first-order chi connectivity index (χ1) is 18.4. The molecule has 2 heterocycles. The van der Waals surface area contributed by atoms with E-state index < -0.39 is 0 Å². The molecule has 2 amide bonds. The minimum absolute atomic E-state index is 0.00433. The van der Waals surface area contributed by atoms with E-state index in [0.29, 0.717) is 41.6 Å². The van der Waals surface area contributed by atoms with E-state index >= 15 is 0 Å². The monoisotopic (exact) mass is 508 g/mol. The van der Waals surface area contributed by atoms with Gasteiger partial charge in [-0.1, -0.05) is 30.3 Å². The number of carbonyl (C=O) groups is 2. The molecule has 0 bridgehead atoms. The Balaban J connectivity index is 1.21. The van der Waals surface area contributed by atoms with Gasteiger partial charge < -0.3 is 15.0 Å². The molecule has 4 aromatic rings. The number of ether oxygens (including phenoxy) is 1. The summed E-state index contributed by atoms with van der Waals surface area (Å²) in [6, 6.07) is 21.1. The number of likely N-dealkylation sites (tertiary alicyclic amines) is 1. The molecule has 1 saturated heterocycles. The SMILES string of the molecule is COc1ccc(C(=O)Nc2cc(C(=O)N3CCC(c4ccc(-c5cnn(C)c5)cc4)CC3)ccc2C)cc1. The zero-order valence-electron chi connectivity index (χ0n) is 22.0. The lowest BCUT2D eigenvalue weighted by molar-refractivity contribution is 0.0712. The van der Waals surface area contributed by atoms with Crippen molar-refractivity contribution in [1.29, 1.82) is 0 Å². The van der Waals surface area contributed by atoms with Gasteiger partial charge in [0.15, 0.2) is 0 Å². The van der Waals surface area contributed by atoms with E-state index in [1.807, 2.05) is 48.1 Å². The van der Waals surface area contributed by atoms with Gasteiger partial charge in [-0.15, -0.1) is 0 Å². The summed E-state index contributed by atoms with van der Waals surface area (Å²) in [4.78, 5) is 28.0. The maximum Gasteiger partial charge on any atom is 0.255 e. The van der Waals surface area contributed by atoms with Gasteiger partial charge >= 0.3 is 0 Å². The maximum atomic E-state index is 13.3. The van der Waals surface area contributed by atoms with E-state index in [2.05, 4.69) is 34.7 Å². The van der Waals surface area contributed by atoms with Crippen LogP contribution in [0.3, 0.4) is 0 Å². The molecule has 5 rings (SSSR count). The number of methoxy groups -OCH3 is 1. The molecule has 0 spiro atoms. The molecule has 3 aromatic carbocycles. The average molecular weight is 509 g/mol. The number of amides is 2. The summed E-state index contributed by atoms with van der Waals surface area (Å²) in [5, 5.41) is 7.21. The fourth-order valence-corrected chi connectivity index (χ4v) is 4.94. The number of aryl methyl sites for hydroxylation is 2. The Bertz CT molecular complexity index is 1430. The van der Waals surface area contributed by atoms with Crippen LogP contribution < -0.4 is 10.1 Å². The Morgan fingerprint density at radius 2 is 1.61 bits per heavy atom. The Morgan fingerprint density at radius 1 is 0.921 bits per heavy atom. The second-order valence-electron chi connectivity index (χ2n) is 9.80. The predicted octanol–water partition coefficient (Wildman–Crippen LogP) is 5.68. The van der Waals surface area contributed by atoms with E-state index in [0.717, 1.165) is 29.5 Å². The van der Waals surface area contributed by atoms with E-state index in [9.17, 15) is 9.59 Å². The largest absolute Gasteiger partial charge is 0.497 e. The molecule has 7 heteroatoms. The number of carbonyl (C=O) groups excluding carboxylic acids is 2. The van der Waals surface area contributed by atoms with E-state index in [4.69, 9.17) is 4.74 Å². The number of benzene rings is 3. The molecule has 1 aliphatic rings. The van der Waals surface area contributed by atoms with Crippen LogP contribution in [0.2, 0.25) is 0 Å². The zero-order chi connectivity index (χ0) is 26.6. The van der Waals surface area contributed by atoms with Gasteiger partial charge in [-0.3, -0.25) is 14.3 Å². The summed E-state index contributed by atoms with van der Waals surface area (Å²) in [5.41, 5.74) is 6.22. The van der Waals surface area contributed by atoms with E-state index in [1.54, 1.807) is 37.4 Å². The van der Waals surface area contributed by atoms with Gasteiger partial charge in [0.2, 0.25) is 0 Å². The van der Waals surface area contributed by atoms with Crippen LogP contribution in [0.5, 0.6) is 5.75 Å². The van der Waals surface area contributed by atoms with Gasteiger partial charge in [0.05, 0.1) is 13.3 Å². The molecule has 38 heavy (non-hydrogen) atoms. The number of anilines is 1. The van der Waals surface area contributed by atoms with Crippen molar-refractivity contribution < 1.29 is 14.3 Å². The molecular formula is C31H32N4O3. The molecule has 1 fully saturated rings. The van der Waals surface area contributed by atoms with Crippen LogP contribution >= 0.6 is 0 Å². The van der Waals surface area contributed by atoms with Crippen molar-refractivity contribution >= 4 is 17.5 Å². The van der Waals surface area contributed by atoms with Crippen molar-refractivity contribution in [3.63, 3.8) is 0 Å². The topological polar surface area (TPSA) is 76.5 Å². The lowest BCUT2D eigenvalue weighted by Crippen LogP contribution is -2.38. The first kappa shape index (κ1) is 25.3. The highest BCUT2D eigenvalue weighted by molar-refractivity contribution is 6.05. The summed E-state index contributed by atoms with van der Waals surface area (Å²) in [7, 11) is 3.51. The van der Waals surface area contributed by atoms with Gasteiger partial charge in [0.25, 0.3) is 11.8 Å². The highest BCUT2D eigenvalue weighted by Gasteiger charge is 2.25. The van der Waals surface area contributed by atoms with Gasteiger partial charge in [-0.05, 0) is 78.8 Å². The molecule has 1 N–H and O–H groups in total. The number of aromatic nitrogens is 2. The summed E-state index contributed by atoms with van der Waals surface area (Å²) in [6.07, 6.45) is 5.73. The Morgan fingerprint density at radius 3 is 2.24 bits per heavy atom. The smallest absolute Gasteiger partial charge is 0.255 e. The van der Waals surface area contributed by atoms with Crippen molar-refractivity contribution in [3.05, 3.63) is 101 Å². The normalized spacial score (nSPS) is 13.8. The van der Waals surface area contributed by atoms with E-state index in [1.165, 1.54) is 5.56 Å². The third-order valence-electron chi connectivity index (χ3n) is 7.29. The van der Waals surface area contributed by atoms with E-state index in [-0.39, 0.29) is 11.8 Å². The van der Waals surface area contributed by atoms with Gasteiger partial charge in [-0.25, -0.2) is 0 Å². The van der Waals surface area contributed by atoms with Crippen LogP contribution in [-0.2, 0) is 7.05 Å². The number of nitrogens with zero attached hydrogens (tertiary/aromatic N) is 3. The average Bonchev–Trinajstić information content (AvgIpc) is 3.40. The molecule has 194 valence electrons. The molecule has 7 nitrogen and oxygen atoms in total. The number of nitrogens with one attached hydrogen (secondary N) is 1. The van der Waals surface area contributed by atoms with Crippen LogP contribution in [0.4, 0.5) is 5.69 Å². The maximum absolute atomic E-state index is 13.3. The minimum Gasteiger partial charge on any atom is -0.497 e. The third kappa shape index (κ3) is 5.47. The summed E-state index contributed by atoms with van der Waals surface area (Å²) in [6.45, 7) is 3.33. The quantitative estimate of drug-likeness (QED) is 0.364. The minimum atomic E-state index is -0.226. The molecule has 0 unspecified atom stereocenters. The Labute approximate surface area is 223 Å². The zero-order valence-corrected chi connectivity index (χ0v) is 22.0. The summed E-state index contributed by atoms with van der Waals surface area (Å²) < 4.78 is 6.97. The lowest BCUT2D eigenvalue weighted by atomic mass is 9.88. The molecule has 0 radical (unpaired) electrons. The van der Waals surface area contributed by atoms with Crippen LogP contribution in [0.1, 0.15) is 50.6 Å². The highest BCUT2D eigenvalue weighted by atomic mass is 16.5. The summed E-state index contributed by atoms with van der Waals surface area (Å²) >= 11 is 0. The molecule has 1 aromatic heterocycles. The van der Waals surface area contributed by atoms with Gasteiger partial charge in [-0.2, -0.15) is 5.10 Å². The first-order valence-electron chi connectivity index (χ1n) is 12.9. The van der Waals surface area contributed by atoms with Crippen molar-refractivity contribution in [3.8, 4) is 16.9 Å². The second-order valence-corrected chi connectivity index (χ2v) is 9.80. The number of hydrogen-bond acceptors (Lipinski definition) is 4. The van der Waals surface area contributed by atoms with Crippen molar-refractivity contribution in [2.24, 2.45) is 7.05 Å². The van der Waals surface area contributed by atoms with Gasteiger partial charge in [0.1, 0.15) is 5.75 Å². The van der Waals surface area contributed by atoms with Crippen LogP contribution in [0, 0.1) is 6.92 Å². The van der Waals surface area contributed by atoms with Crippen LogP contribution in [0.25, 0.3) is 11.1 Å². The third-order valence-corrected chi connectivity index (χ3v) is 7.29. The fraction of sp³-hybridized carbons (Fsp3) is 0.258. The van der Waals surface area contributed by atoms with Crippen molar-refractivity contribution in [2.45, 2.75) is 25.7 Å². The van der Waals surface area contributed by atoms with Gasteiger partial charge in [0, 0.05) is 48.7 Å². The predicted molar refractivity (Wildman–Crippen MR) is 149 cm³/mol. The molecule has 0 aliphatic carbocycles. The fourth-order valence-electron chi connectivity index (χ4n) is 4.94. The standard InChI is InChI=1S/C31H32N4O3/c1-21-4-5-26(18-29(21)33-30(36)25-10-12-28(38-3)13-11-25)31(37)35-16-14-24(15-17-35)22-6-8-23(9-7-22)27-19-32-34(2)20-27/h4-13,18-20,24H,14-17H2,1-3H3,(H,33,36). The molecular weight excluding hydrogens is 476 g/mol. The lowest BCUT2D eigenvalue weighted by Gasteiger charge is -2.32. The number of rotatable bonds is 6. The van der Waals surface area contributed by atoms with Crippen LogP contribution in [-0.4, -0.2) is 46.7 Å². The highest BCUT2D eigenvalue weighted by Crippen LogP contribution is 2.31. The Kier molecular flexibility index (Phi) is 7.26. The molecule has 1 aliphatic heterocycles. The molecule has 0 atom stereocenters. The number of hydrogen-bond donors (Lipinski definition) is 1. The molecule has 0 saturated carbocycles. The van der Waals surface area contributed by atoms with Crippen molar-refractivity contribution in [2.75, 3.05) is 25.5 Å². The Hall–Kier alpha value is -4.39. The van der Waals surface area contributed by atoms with Crippen molar-refractivity contribution in [1.82, 2.24) is 14.7 Å². The summed E-state index contributed by atoms with van der Waals surface area (Å²) in [5.74, 6) is 0.890. The van der Waals surface area contributed by atoms with Crippen LogP contribution in [0.15, 0.2) is 79.1 Å².